The Kier molecular flexibility index (Phi) is 7.92. The summed E-state index contributed by atoms with van der Waals surface area (Å²) >= 11 is 7.29. The molecule has 31 heavy (non-hydrogen) atoms. The Balaban J connectivity index is 1.80. The summed E-state index contributed by atoms with van der Waals surface area (Å²) in [5.74, 6) is 0.233. The summed E-state index contributed by atoms with van der Waals surface area (Å²) < 4.78 is 16.2. The largest absolute Gasteiger partial charge is 0.494 e. The summed E-state index contributed by atoms with van der Waals surface area (Å²) in [6, 6.07) is 14.3. The van der Waals surface area contributed by atoms with Gasteiger partial charge in [0.05, 0.1) is 18.2 Å². The molecule has 0 radical (unpaired) electrons. The average Bonchev–Trinajstić information content (AvgIpc) is 3.17. The third-order valence-corrected chi connectivity index (χ3v) is 5.40. The zero-order valence-corrected chi connectivity index (χ0v) is 18.7. The van der Waals surface area contributed by atoms with Crippen molar-refractivity contribution in [1.82, 2.24) is 0 Å². The van der Waals surface area contributed by atoms with E-state index in [0.29, 0.717) is 33.5 Å². The van der Waals surface area contributed by atoms with Crippen LogP contribution in [0.5, 0.6) is 11.5 Å². The van der Waals surface area contributed by atoms with E-state index >= 15 is 0 Å². The van der Waals surface area contributed by atoms with Gasteiger partial charge in [-0.15, -0.1) is 11.3 Å². The highest BCUT2D eigenvalue weighted by atomic mass is 35.5. The van der Waals surface area contributed by atoms with Crippen LogP contribution in [-0.2, 0) is 9.53 Å². The molecule has 1 heterocycles. The zero-order chi connectivity index (χ0) is 22.2. The Morgan fingerprint density at radius 2 is 1.74 bits per heavy atom. The quantitative estimate of drug-likeness (QED) is 0.418. The van der Waals surface area contributed by atoms with Gasteiger partial charge in [0.1, 0.15) is 22.1 Å². The van der Waals surface area contributed by atoms with Crippen LogP contribution >= 0.6 is 22.9 Å². The molecular formula is C23H22ClNO5S. The zero-order valence-electron chi connectivity index (χ0n) is 17.1. The molecule has 8 heteroatoms. The number of carbonyl (C=O) groups excluding carboxylic acids is 2. The van der Waals surface area contributed by atoms with Crippen LogP contribution in [0.2, 0.25) is 5.02 Å². The highest BCUT2D eigenvalue weighted by molar-refractivity contribution is 7.15. The van der Waals surface area contributed by atoms with Crippen molar-refractivity contribution in [2.45, 2.75) is 13.8 Å². The van der Waals surface area contributed by atoms with Gasteiger partial charge in [-0.25, -0.2) is 4.79 Å². The molecule has 0 aliphatic carbocycles. The van der Waals surface area contributed by atoms with Crippen molar-refractivity contribution in [2.75, 3.05) is 25.1 Å². The first-order valence-corrected chi connectivity index (χ1v) is 11.0. The number of hydrogen-bond donors (Lipinski definition) is 1. The number of halogens is 1. The topological polar surface area (TPSA) is 73.9 Å². The molecule has 0 fully saturated rings. The van der Waals surface area contributed by atoms with Gasteiger partial charge in [-0.2, -0.15) is 0 Å². The number of rotatable bonds is 9. The molecular weight excluding hydrogens is 438 g/mol. The van der Waals surface area contributed by atoms with Gasteiger partial charge < -0.3 is 19.5 Å². The molecule has 0 bridgehead atoms. The van der Waals surface area contributed by atoms with Crippen LogP contribution in [0, 0.1) is 0 Å². The van der Waals surface area contributed by atoms with Crippen LogP contribution in [0.4, 0.5) is 5.00 Å². The van der Waals surface area contributed by atoms with Crippen LogP contribution in [-0.4, -0.2) is 31.7 Å². The standard InChI is InChI=1S/C23H22ClNO5S/c1-3-28-16-11-9-15(10-12-16)17-14-31-22(21(17)23(27)29-4-2)25-20(26)13-30-19-8-6-5-7-18(19)24/h5-12,14H,3-4,13H2,1-2H3,(H,25,26). The molecule has 0 saturated carbocycles. The van der Waals surface area contributed by atoms with Crippen LogP contribution in [0.3, 0.4) is 0 Å². The number of thiophene rings is 1. The second-order valence-corrected chi connectivity index (χ2v) is 7.59. The molecule has 0 aliphatic rings. The van der Waals surface area contributed by atoms with Crippen LogP contribution in [0.15, 0.2) is 53.9 Å². The number of amides is 1. The molecule has 162 valence electrons. The maximum Gasteiger partial charge on any atom is 0.341 e. The van der Waals surface area contributed by atoms with Gasteiger partial charge in [0.25, 0.3) is 5.91 Å². The summed E-state index contributed by atoms with van der Waals surface area (Å²) in [5.41, 5.74) is 1.80. The lowest BCUT2D eigenvalue weighted by molar-refractivity contribution is -0.118. The molecule has 0 saturated heterocycles. The predicted molar refractivity (Wildman–Crippen MR) is 122 cm³/mol. The van der Waals surface area contributed by atoms with Gasteiger partial charge in [-0.3, -0.25) is 4.79 Å². The smallest absolute Gasteiger partial charge is 0.341 e. The van der Waals surface area contributed by atoms with Gasteiger partial charge in [0.15, 0.2) is 6.61 Å². The van der Waals surface area contributed by atoms with Gasteiger partial charge in [-0.05, 0) is 43.7 Å². The fraction of sp³-hybridized carbons (Fsp3) is 0.217. The molecule has 1 amide bonds. The number of para-hydroxylation sites is 1. The summed E-state index contributed by atoms with van der Waals surface area (Å²) in [4.78, 5) is 25.1. The number of anilines is 1. The Morgan fingerprint density at radius 3 is 2.42 bits per heavy atom. The minimum absolute atomic E-state index is 0.223. The van der Waals surface area contributed by atoms with Gasteiger partial charge in [0, 0.05) is 10.9 Å². The Hall–Kier alpha value is -3.03. The molecule has 1 aromatic heterocycles. The third-order valence-electron chi connectivity index (χ3n) is 4.20. The minimum atomic E-state index is -0.505. The molecule has 2 aromatic carbocycles. The van der Waals surface area contributed by atoms with Crippen molar-refractivity contribution in [2.24, 2.45) is 0 Å². The van der Waals surface area contributed by atoms with Gasteiger partial charge in [0.2, 0.25) is 0 Å². The van der Waals surface area contributed by atoms with Crippen molar-refractivity contribution >= 4 is 39.8 Å². The highest BCUT2D eigenvalue weighted by Crippen LogP contribution is 2.37. The van der Waals surface area contributed by atoms with Crippen molar-refractivity contribution in [3.05, 3.63) is 64.5 Å². The third kappa shape index (κ3) is 5.77. The fourth-order valence-electron chi connectivity index (χ4n) is 2.83. The molecule has 0 spiro atoms. The first-order chi connectivity index (χ1) is 15.0. The van der Waals surface area contributed by atoms with Crippen molar-refractivity contribution in [1.29, 1.82) is 0 Å². The maximum atomic E-state index is 12.7. The molecule has 6 nitrogen and oxygen atoms in total. The monoisotopic (exact) mass is 459 g/mol. The van der Waals surface area contributed by atoms with E-state index in [1.54, 1.807) is 31.2 Å². The van der Waals surface area contributed by atoms with E-state index < -0.39 is 11.9 Å². The van der Waals surface area contributed by atoms with Crippen molar-refractivity contribution in [3.8, 4) is 22.6 Å². The summed E-state index contributed by atoms with van der Waals surface area (Å²) in [5, 5.41) is 5.37. The van der Waals surface area contributed by atoms with E-state index in [4.69, 9.17) is 25.8 Å². The van der Waals surface area contributed by atoms with E-state index in [2.05, 4.69) is 5.32 Å². The summed E-state index contributed by atoms with van der Waals surface area (Å²) in [6.45, 7) is 4.19. The highest BCUT2D eigenvalue weighted by Gasteiger charge is 2.23. The van der Waals surface area contributed by atoms with Crippen LogP contribution in [0.1, 0.15) is 24.2 Å². The van der Waals surface area contributed by atoms with E-state index in [1.165, 1.54) is 11.3 Å². The van der Waals surface area contributed by atoms with E-state index in [-0.39, 0.29) is 13.2 Å². The Morgan fingerprint density at radius 1 is 1.00 bits per heavy atom. The number of nitrogens with one attached hydrogen (secondary N) is 1. The van der Waals surface area contributed by atoms with E-state index in [1.807, 2.05) is 36.6 Å². The number of benzene rings is 2. The maximum absolute atomic E-state index is 12.7. The second kappa shape index (κ2) is 10.8. The lowest BCUT2D eigenvalue weighted by Gasteiger charge is -2.10. The van der Waals surface area contributed by atoms with E-state index in [0.717, 1.165) is 11.3 Å². The SMILES string of the molecule is CCOC(=O)c1c(-c2ccc(OCC)cc2)csc1NC(=O)COc1ccccc1Cl. The first-order valence-electron chi connectivity index (χ1n) is 9.72. The lowest BCUT2D eigenvalue weighted by atomic mass is 10.0. The number of carbonyl (C=O) groups is 2. The number of ether oxygens (including phenoxy) is 3. The molecule has 0 unspecified atom stereocenters. The van der Waals surface area contributed by atoms with Gasteiger partial charge in [-0.1, -0.05) is 35.9 Å². The summed E-state index contributed by atoms with van der Waals surface area (Å²) in [7, 11) is 0. The molecule has 1 N–H and O–H groups in total. The predicted octanol–water partition coefficient (Wildman–Crippen LogP) is 5.66. The Bertz CT molecular complexity index is 1050. The Labute approximate surface area is 189 Å². The summed E-state index contributed by atoms with van der Waals surface area (Å²) in [6.07, 6.45) is 0. The average molecular weight is 460 g/mol. The minimum Gasteiger partial charge on any atom is -0.494 e. The molecule has 0 aliphatic heterocycles. The van der Waals surface area contributed by atoms with Crippen molar-refractivity contribution in [3.63, 3.8) is 0 Å². The van der Waals surface area contributed by atoms with Crippen LogP contribution in [0.25, 0.3) is 11.1 Å². The number of esters is 1. The molecule has 0 atom stereocenters. The van der Waals surface area contributed by atoms with Gasteiger partial charge >= 0.3 is 5.97 Å². The normalized spacial score (nSPS) is 10.4. The number of hydrogen-bond acceptors (Lipinski definition) is 6. The second-order valence-electron chi connectivity index (χ2n) is 6.30. The first kappa shape index (κ1) is 22.7. The molecule has 3 aromatic rings. The fourth-order valence-corrected chi connectivity index (χ4v) is 4.00. The van der Waals surface area contributed by atoms with Crippen LogP contribution < -0.4 is 14.8 Å². The van der Waals surface area contributed by atoms with Crippen molar-refractivity contribution < 1.29 is 23.8 Å². The van der Waals surface area contributed by atoms with E-state index in [9.17, 15) is 9.59 Å². The molecule has 3 rings (SSSR count). The lowest BCUT2D eigenvalue weighted by Crippen LogP contribution is -2.21.